The van der Waals surface area contributed by atoms with E-state index in [0.717, 1.165) is 0 Å². The van der Waals surface area contributed by atoms with Gasteiger partial charge in [-0.25, -0.2) is 9.78 Å². The van der Waals surface area contributed by atoms with Gasteiger partial charge in [0.2, 0.25) is 5.88 Å². The first kappa shape index (κ1) is 13.6. The Morgan fingerprint density at radius 3 is 2.63 bits per heavy atom. The van der Waals surface area contributed by atoms with E-state index in [1.54, 1.807) is 25.1 Å². The molecule has 98 valence electrons. The first-order chi connectivity index (χ1) is 8.97. The van der Waals surface area contributed by atoms with Gasteiger partial charge in [0.15, 0.2) is 0 Å². The first-order valence-electron chi connectivity index (χ1n) is 5.31. The fourth-order valence-electron chi connectivity index (χ4n) is 1.49. The predicted molar refractivity (Wildman–Crippen MR) is 72.5 cm³/mol. The first-order valence-corrected chi connectivity index (χ1v) is 6.07. The molecule has 6 heteroatoms. The molecule has 19 heavy (non-hydrogen) atoms. The van der Waals surface area contributed by atoms with Gasteiger partial charge in [-0.05, 0) is 25.1 Å². The number of hydrogen-bond acceptors (Lipinski definition) is 3. The van der Waals surface area contributed by atoms with Crippen LogP contribution in [0.3, 0.4) is 0 Å². The number of carboxylic acid groups (broad SMARTS) is 1. The molecule has 0 bridgehead atoms. The Morgan fingerprint density at radius 1 is 1.26 bits per heavy atom. The number of carboxylic acids is 1. The molecule has 1 aromatic carbocycles. The zero-order valence-corrected chi connectivity index (χ0v) is 11.4. The number of aryl methyl sites for hydroxylation is 1. The van der Waals surface area contributed by atoms with E-state index in [2.05, 4.69) is 4.98 Å². The Labute approximate surface area is 119 Å². The quantitative estimate of drug-likeness (QED) is 0.923. The molecule has 0 saturated heterocycles. The molecule has 0 aliphatic heterocycles. The van der Waals surface area contributed by atoms with E-state index in [4.69, 9.17) is 33.0 Å². The SMILES string of the molecule is Cc1nc(Oc2cc(Cl)ccc2Cl)ccc1C(=O)O. The minimum Gasteiger partial charge on any atom is -0.478 e. The average molecular weight is 298 g/mol. The van der Waals surface area contributed by atoms with E-state index in [9.17, 15) is 4.79 Å². The lowest BCUT2D eigenvalue weighted by atomic mass is 10.2. The number of aromatic carboxylic acids is 1. The Morgan fingerprint density at radius 2 is 2.00 bits per heavy atom. The van der Waals surface area contributed by atoms with Crippen molar-refractivity contribution in [1.82, 2.24) is 4.98 Å². The minimum atomic E-state index is -1.03. The monoisotopic (exact) mass is 297 g/mol. The number of rotatable bonds is 3. The smallest absolute Gasteiger partial charge is 0.337 e. The molecule has 0 atom stereocenters. The minimum absolute atomic E-state index is 0.129. The molecular weight excluding hydrogens is 289 g/mol. The van der Waals surface area contributed by atoms with Crippen molar-refractivity contribution in [2.45, 2.75) is 6.92 Å². The molecule has 0 amide bonds. The lowest BCUT2D eigenvalue weighted by molar-refractivity contribution is 0.0695. The van der Waals surface area contributed by atoms with Crippen molar-refractivity contribution in [3.8, 4) is 11.6 Å². The van der Waals surface area contributed by atoms with Gasteiger partial charge in [-0.2, -0.15) is 0 Å². The standard InChI is InChI=1S/C13H9Cl2NO3/c1-7-9(13(17)18)3-5-12(16-7)19-11-6-8(14)2-4-10(11)15/h2-6H,1H3,(H,17,18). The second-order valence-electron chi connectivity index (χ2n) is 3.76. The van der Waals surface area contributed by atoms with E-state index in [1.165, 1.54) is 12.1 Å². The molecule has 4 nitrogen and oxygen atoms in total. The second-order valence-corrected chi connectivity index (χ2v) is 4.61. The van der Waals surface area contributed by atoms with Crippen LogP contribution in [-0.4, -0.2) is 16.1 Å². The Balaban J connectivity index is 2.31. The van der Waals surface area contributed by atoms with Gasteiger partial charge in [-0.1, -0.05) is 23.2 Å². The van der Waals surface area contributed by atoms with Gasteiger partial charge in [0.1, 0.15) is 5.75 Å². The van der Waals surface area contributed by atoms with Gasteiger partial charge >= 0.3 is 5.97 Å². The third-order valence-corrected chi connectivity index (χ3v) is 2.95. The number of pyridine rings is 1. The summed E-state index contributed by atoms with van der Waals surface area (Å²) in [5.74, 6) is -0.409. The van der Waals surface area contributed by atoms with Crippen LogP contribution < -0.4 is 4.74 Å². The van der Waals surface area contributed by atoms with Crippen molar-refractivity contribution in [2.75, 3.05) is 0 Å². The summed E-state index contributed by atoms with van der Waals surface area (Å²) in [4.78, 5) is 14.9. The van der Waals surface area contributed by atoms with Crippen LogP contribution in [0.1, 0.15) is 16.1 Å². The van der Waals surface area contributed by atoms with Crippen LogP contribution in [0.2, 0.25) is 10.0 Å². The Kier molecular flexibility index (Phi) is 3.93. The van der Waals surface area contributed by atoms with Crippen LogP contribution in [0.15, 0.2) is 30.3 Å². The average Bonchev–Trinajstić information content (AvgIpc) is 2.33. The summed E-state index contributed by atoms with van der Waals surface area (Å²) in [5.41, 5.74) is 0.493. The third kappa shape index (κ3) is 3.16. The van der Waals surface area contributed by atoms with Crippen LogP contribution in [0, 0.1) is 6.92 Å². The van der Waals surface area contributed by atoms with Crippen LogP contribution in [0.25, 0.3) is 0 Å². The number of benzene rings is 1. The van der Waals surface area contributed by atoms with Gasteiger partial charge in [-0.15, -0.1) is 0 Å². The van der Waals surface area contributed by atoms with E-state index in [-0.39, 0.29) is 11.4 Å². The van der Waals surface area contributed by atoms with Crippen LogP contribution in [0.5, 0.6) is 11.6 Å². The normalized spacial score (nSPS) is 10.3. The number of ether oxygens (including phenoxy) is 1. The molecule has 0 spiro atoms. The fourth-order valence-corrected chi connectivity index (χ4v) is 1.81. The molecule has 0 aliphatic carbocycles. The lowest BCUT2D eigenvalue weighted by Crippen LogP contribution is -2.02. The predicted octanol–water partition coefficient (Wildman–Crippen LogP) is 4.19. The highest BCUT2D eigenvalue weighted by atomic mass is 35.5. The topological polar surface area (TPSA) is 59.4 Å². The third-order valence-electron chi connectivity index (χ3n) is 2.40. The van der Waals surface area contributed by atoms with Crippen LogP contribution in [0.4, 0.5) is 0 Å². The van der Waals surface area contributed by atoms with Crippen molar-refractivity contribution in [3.63, 3.8) is 0 Å². The Hall–Kier alpha value is -1.78. The zero-order valence-electron chi connectivity index (χ0n) is 9.85. The Bertz CT molecular complexity index is 644. The van der Waals surface area contributed by atoms with E-state index >= 15 is 0 Å². The van der Waals surface area contributed by atoms with E-state index in [1.807, 2.05) is 0 Å². The molecule has 0 radical (unpaired) electrons. The van der Waals surface area contributed by atoms with Crippen LogP contribution in [-0.2, 0) is 0 Å². The maximum Gasteiger partial charge on any atom is 0.337 e. The number of halogens is 2. The molecule has 0 saturated carbocycles. The molecule has 1 N–H and O–H groups in total. The molecule has 0 unspecified atom stereocenters. The highest BCUT2D eigenvalue weighted by Gasteiger charge is 2.11. The van der Waals surface area contributed by atoms with Crippen molar-refractivity contribution in [2.24, 2.45) is 0 Å². The summed E-state index contributed by atoms with van der Waals surface area (Å²) in [6, 6.07) is 7.71. The summed E-state index contributed by atoms with van der Waals surface area (Å²) in [6.45, 7) is 1.59. The maximum absolute atomic E-state index is 10.9. The largest absolute Gasteiger partial charge is 0.478 e. The van der Waals surface area contributed by atoms with Crippen molar-refractivity contribution >= 4 is 29.2 Å². The number of nitrogens with zero attached hydrogens (tertiary/aromatic N) is 1. The fraction of sp³-hybridized carbons (Fsp3) is 0.0769. The highest BCUT2D eigenvalue weighted by Crippen LogP contribution is 2.31. The van der Waals surface area contributed by atoms with Crippen LogP contribution >= 0.6 is 23.2 Å². The molecule has 2 aromatic rings. The van der Waals surface area contributed by atoms with Crippen molar-refractivity contribution in [1.29, 1.82) is 0 Å². The zero-order chi connectivity index (χ0) is 14.0. The summed E-state index contributed by atoms with van der Waals surface area (Å²) in [7, 11) is 0. The number of aromatic nitrogens is 1. The van der Waals surface area contributed by atoms with Gasteiger partial charge in [0.05, 0.1) is 16.3 Å². The molecule has 0 aliphatic rings. The molecule has 1 heterocycles. The molecule has 2 rings (SSSR count). The summed E-state index contributed by atoms with van der Waals surface area (Å²) in [6.07, 6.45) is 0. The van der Waals surface area contributed by atoms with Gasteiger partial charge in [0.25, 0.3) is 0 Å². The highest BCUT2D eigenvalue weighted by molar-refractivity contribution is 6.34. The second kappa shape index (κ2) is 5.47. The summed E-state index contributed by atoms with van der Waals surface area (Å²) in [5, 5.41) is 9.79. The molecule has 1 aromatic heterocycles. The van der Waals surface area contributed by atoms with Gasteiger partial charge < -0.3 is 9.84 Å². The van der Waals surface area contributed by atoms with Crippen molar-refractivity contribution < 1.29 is 14.6 Å². The van der Waals surface area contributed by atoms with Gasteiger partial charge in [-0.3, -0.25) is 0 Å². The lowest BCUT2D eigenvalue weighted by Gasteiger charge is -2.08. The van der Waals surface area contributed by atoms with E-state index < -0.39 is 5.97 Å². The number of carbonyl (C=O) groups is 1. The van der Waals surface area contributed by atoms with Crippen molar-refractivity contribution in [3.05, 3.63) is 51.6 Å². The summed E-state index contributed by atoms with van der Waals surface area (Å²) >= 11 is 11.8. The van der Waals surface area contributed by atoms with Gasteiger partial charge in [0, 0.05) is 17.2 Å². The maximum atomic E-state index is 10.9. The number of hydrogen-bond donors (Lipinski definition) is 1. The molecule has 0 fully saturated rings. The summed E-state index contributed by atoms with van der Waals surface area (Å²) < 4.78 is 5.49. The molecular formula is C13H9Cl2NO3. The van der Waals surface area contributed by atoms with E-state index in [0.29, 0.717) is 21.5 Å².